The van der Waals surface area contributed by atoms with Crippen LogP contribution in [-0.2, 0) is 0 Å². The molecule has 7 heteroatoms. The van der Waals surface area contributed by atoms with Crippen LogP contribution in [0.5, 0.6) is 0 Å². The van der Waals surface area contributed by atoms with Crippen LogP contribution >= 0.6 is 11.3 Å². The summed E-state index contributed by atoms with van der Waals surface area (Å²) in [5.41, 5.74) is 2.56. The van der Waals surface area contributed by atoms with Gasteiger partial charge in [-0.1, -0.05) is 0 Å². The Balaban J connectivity index is 1.58. The molecule has 2 atom stereocenters. The summed E-state index contributed by atoms with van der Waals surface area (Å²) in [6, 6.07) is 10.6. The van der Waals surface area contributed by atoms with E-state index in [0.29, 0.717) is 17.5 Å². The number of piperidine rings is 1. The van der Waals surface area contributed by atoms with E-state index in [-0.39, 0.29) is 5.91 Å². The molecule has 3 aromatic rings. The Kier molecular flexibility index (Phi) is 3.63. The number of likely N-dealkylation sites (tertiary alicyclic amines) is 1. The predicted octanol–water partition coefficient (Wildman–Crippen LogP) is 3.32. The van der Waals surface area contributed by atoms with Crippen molar-refractivity contribution < 1.29 is 4.79 Å². The van der Waals surface area contributed by atoms with Crippen molar-refractivity contribution in [1.82, 2.24) is 25.1 Å². The summed E-state index contributed by atoms with van der Waals surface area (Å²) in [5, 5.41) is 11.5. The minimum absolute atomic E-state index is 0.127. The van der Waals surface area contributed by atoms with Gasteiger partial charge < -0.3 is 4.90 Å². The molecule has 6 nitrogen and oxygen atoms in total. The number of rotatable bonds is 3. The first kappa shape index (κ1) is 15.7. The number of carbonyl (C=O) groups excluding carboxylic acids is 1. The largest absolute Gasteiger partial charge is 0.335 e. The average molecular weight is 365 g/mol. The molecule has 1 aromatic carbocycles. The van der Waals surface area contributed by atoms with Crippen LogP contribution in [0.2, 0.25) is 0 Å². The van der Waals surface area contributed by atoms with Crippen molar-refractivity contribution in [3.8, 4) is 16.1 Å². The van der Waals surface area contributed by atoms with E-state index < -0.39 is 0 Å². The number of hydrogen-bond donors (Lipinski definition) is 0. The maximum atomic E-state index is 13.2. The number of thiophene rings is 1. The van der Waals surface area contributed by atoms with Gasteiger partial charge in [-0.15, -0.1) is 16.4 Å². The second-order valence-electron chi connectivity index (χ2n) is 7.22. The molecule has 1 aliphatic carbocycles. The molecule has 132 valence electrons. The molecule has 0 N–H and O–H groups in total. The van der Waals surface area contributed by atoms with Crippen LogP contribution in [-0.4, -0.2) is 43.6 Å². The normalized spacial score (nSPS) is 21.5. The average Bonchev–Trinajstić information content (AvgIpc) is 3.44. The van der Waals surface area contributed by atoms with E-state index in [0.717, 1.165) is 35.5 Å². The van der Waals surface area contributed by atoms with Gasteiger partial charge in [-0.25, -0.2) is 4.68 Å². The van der Waals surface area contributed by atoms with Gasteiger partial charge in [-0.05, 0) is 78.4 Å². The Hall–Kier alpha value is -2.54. The van der Waals surface area contributed by atoms with Gasteiger partial charge in [0.25, 0.3) is 5.91 Å². The molecule has 5 rings (SSSR count). The molecule has 3 heterocycles. The number of amides is 1. The number of aromatic nitrogens is 4. The Labute approximate surface area is 155 Å². The summed E-state index contributed by atoms with van der Waals surface area (Å²) in [6.45, 7) is 2.98. The van der Waals surface area contributed by atoms with Gasteiger partial charge in [-0.3, -0.25) is 4.79 Å². The van der Waals surface area contributed by atoms with E-state index in [1.54, 1.807) is 22.3 Å². The van der Waals surface area contributed by atoms with Crippen LogP contribution in [0.3, 0.4) is 0 Å². The molecule has 2 aromatic heterocycles. The summed E-state index contributed by atoms with van der Waals surface area (Å²) >= 11 is 1.73. The molecule has 0 radical (unpaired) electrons. The zero-order chi connectivity index (χ0) is 17.7. The number of aryl methyl sites for hydroxylation is 1. The number of tetrazole rings is 1. The number of benzene rings is 1. The first-order valence-electron chi connectivity index (χ1n) is 8.93. The van der Waals surface area contributed by atoms with Gasteiger partial charge in [0.2, 0.25) is 0 Å². The fraction of sp³-hybridized carbons (Fsp3) is 0.368. The Morgan fingerprint density at radius 3 is 2.81 bits per heavy atom. The molecule has 1 amide bonds. The molecule has 2 bridgehead atoms. The van der Waals surface area contributed by atoms with Crippen LogP contribution in [0, 0.1) is 12.8 Å². The summed E-state index contributed by atoms with van der Waals surface area (Å²) < 4.78 is 1.61. The fourth-order valence-corrected chi connectivity index (χ4v) is 5.07. The molecule has 1 saturated heterocycles. The number of hydrogen-bond acceptors (Lipinski definition) is 5. The van der Waals surface area contributed by atoms with Crippen molar-refractivity contribution in [3.05, 3.63) is 47.1 Å². The highest BCUT2D eigenvalue weighted by Crippen LogP contribution is 2.38. The highest BCUT2D eigenvalue weighted by atomic mass is 32.1. The van der Waals surface area contributed by atoms with E-state index >= 15 is 0 Å². The van der Waals surface area contributed by atoms with E-state index in [2.05, 4.69) is 39.5 Å². The summed E-state index contributed by atoms with van der Waals surface area (Å²) in [5.74, 6) is 0.813. The lowest BCUT2D eigenvalue weighted by atomic mass is 10.0. The first-order chi connectivity index (χ1) is 12.7. The SMILES string of the molecule is Cc1ccc(-c2cc(C(=O)N3C[C@H]4CC[C@@H]3C4)cc(-n3cnnn3)c2)s1. The summed E-state index contributed by atoms with van der Waals surface area (Å²) in [4.78, 5) is 17.7. The zero-order valence-corrected chi connectivity index (χ0v) is 15.3. The van der Waals surface area contributed by atoms with Crippen LogP contribution < -0.4 is 0 Å². The fourth-order valence-electron chi connectivity index (χ4n) is 4.22. The minimum atomic E-state index is 0.127. The highest BCUT2D eigenvalue weighted by Gasteiger charge is 2.40. The molecule has 26 heavy (non-hydrogen) atoms. The van der Waals surface area contributed by atoms with Crippen molar-refractivity contribution in [2.75, 3.05) is 6.54 Å². The lowest BCUT2D eigenvalue weighted by Gasteiger charge is -2.27. The molecule has 1 aliphatic heterocycles. The Bertz CT molecular complexity index is 964. The number of nitrogens with zero attached hydrogens (tertiary/aromatic N) is 5. The van der Waals surface area contributed by atoms with Crippen molar-refractivity contribution in [1.29, 1.82) is 0 Å². The standard InChI is InChI=1S/C19H19N5OS/c1-12-2-5-18(26-12)14-7-15(9-17(8-14)24-11-20-21-22-24)19(25)23-10-13-3-4-16(23)6-13/h2,5,7-9,11,13,16H,3-4,6,10H2,1H3/t13-,16+/m0/s1. The van der Waals surface area contributed by atoms with Crippen molar-refractivity contribution in [2.45, 2.75) is 32.2 Å². The van der Waals surface area contributed by atoms with Crippen molar-refractivity contribution >= 4 is 17.2 Å². The van der Waals surface area contributed by atoms with Gasteiger partial charge in [0, 0.05) is 27.9 Å². The Morgan fingerprint density at radius 1 is 1.23 bits per heavy atom. The summed E-state index contributed by atoms with van der Waals surface area (Å²) in [7, 11) is 0. The summed E-state index contributed by atoms with van der Waals surface area (Å²) in [6.07, 6.45) is 5.12. The van der Waals surface area contributed by atoms with Crippen molar-refractivity contribution in [3.63, 3.8) is 0 Å². The lowest BCUT2D eigenvalue weighted by molar-refractivity contribution is 0.0703. The predicted molar refractivity (Wildman–Crippen MR) is 99.4 cm³/mol. The molecule has 2 aliphatic rings. The van der Waals surface area contributed by atoms with E-state index in [1.807, 2.05) is 18.2 Å². The lowest BCUT2D eigenvalue weighted by Crippen LogP contribution is -2.37. The molecule has 0 unspecified atom stereocenters. The molecule has 2 fully saturated rings. The number of carbonyl (C=O) groups is 1. The maximum Gasteiger partial charge on any atom is 0.254 e. The van der Waals surface area contributed by atoms with E-state index in [1.165, 1.54) is 11.3 Å². The van der Waals surface area contributed by atoms with E-state index in [4.69, 9.17) is 0 Å². The van der Waals surface area contributed by atoms with E-state index in [9.17, 15) is 4.79 Å². The number of fused-ring (bicyclic) bond motifs is 2. The first-order valence-corrected chi connectivity index (χ1v) is 9.75. The topological polar surface area (TPSA) is 63.9 Å². The Morgan fingerprint density at radius 2 is 2.15 bits per heavy atom. The molecule has 0 spiro atoms. The van der Waals surface area contributed by atoms with Gasteiger partial charge in [0.15, 0.2) is 0 Å². The van der Waals surface area contributed by atoms with Crippen LogP contribution in [0.25, 0.3) is 16.1 Å². The quantitative estimate of drug-likeness (QED) is 0.714. The second kappa shape index (κ2) is 6.02. The minimum Gasteiger partial charge on any atom is -0.335 e. The molecular formula is C19H19N5OS. The van der Waals surface area contributed by atoms with Gasteiger partial charge in [-0.2, -0.15) is 0 Å². The molecule has 1 saturated carbocycles. The smallest absolute Gasteiger partial charge is 0.254 e. The second-order valence-corrected chi connectivity index (χ2v) is 8.51. The third-order valence-corrected chi connectivity index (χ3v) is 6.52. The van der Waals surface area contributed by atoms with Gasteiger partial charge in [0.05, 0.1) is 5.69 Å². The zero-order valence-electron chi connectivity index (χ0n) is 14.5. The highest BCUT2D eigenvalue weighted by molar-refractivity contribution is 7.15. The van der Waals surface area contributed by atoms with Crippen LogP contribution in [0.4, 0.5) is 0 Å². The van der Waals surface area contributed by atoms with Crippen LogP contribution in [0.1, 0.15) is 34.5 Å². The van der Waals surface area contributed by atoms with Gasteiger partial charge in [0.1, 0.15) is 6.33 Å². The van der Waals surface area contributed by atoms with Gasteiger partial charge >= 0.3 is 0 Å². The van der Waals surface area contributed by atoms with Crippen LogP contribution in [0.15, 0.2) is 36.7 Å². The maximum absolute atomic E-state index is 13.2. The third kappa shape index (κ3) is 2.63. The monoisotopic (exact) mass is 365 g/mol. The third-order valence-electron chi connectivity index (χ3n) is 5.47. The van der Waals surface area contributed by atoms with Crippen molar-refractivity contribution in [2.24, 2.45) is 5.92 Å². The molecular weight excluding hydrogens is 346 g/mol.